The van der Waals surface area contributed by atoms with Gasteiger partial charge in [-0.3, -0.25) is 9.59 Å². The Labute approximate surface area is 243 Å². The van der Waals surface area contributed by atoms with Crippen molar-refractivity contribution in [2.45, 2.75) is 56.7 Å². The Morgan fingerprint density at radius 2 is 1.76 bits per heavy atom. The molecule has 0 aliphatic carbocycles. The van der Waals surface area contributed by atoms with Gasteiger partial charge < -0.3 is 26.0 Å². The van der Waals surface area contributed by atoms with Gasteiger partial charge in [-0.05, 0) is 62.1 Å². The average Bonchev–Trinajstić information content (AvgIpc) is 3.26. The van der Waals surface area contributed by atoms with Crippen molar-refractivity contribution in [1.29, 1.82) is 0 Å². The fraction of sp³-hybridized carbons (Fsp3) is 0.323. The summed E-state index contributed by atoms with van der Waals surface area (Å²) >= 11 is 1.45. The number of hydrogen-bond acceptors (Lipinski definition) is 5. The lowest BCUT2D eigenvalue weighted by molar-refractivity contribution is -0.147. The third kappa shape index (κ3) is 7.65. The Balaban J connectivity index is 1.51. The Bertz CT molecular complexity index is 1390. The largest absolute Gasteiger partial charge is 0.381 e. The molecular weight excluding hydrogens is 543 g/mol. The standard InChI is InChI=1S/C31H35FN4O4S/c1-20-10-7-8-13-22(20)18-33-28(38)27-31(2,3)41-19-36(27)29(39)26(37)25(16-21-11-5-4-6-12-21)35-30(40)34-24-15-9-14-23(32)17-24/h4-15,17,25-27,37H,16,18-19H2,1-3H3,(H,33,38)(H2,34,35,40)/t25-,26-,27+/m0/s1. The molecule has 1 fully saturated rings. The third-order valence-corrected chi connectivity index (χ3v) is 8.50. The number of benzene rings is 3. The molecule has 4 N–H and O–H groups in total. The molecule has 216 valence electrons. The maximum atomic E-state index is 13.8. The predicted octanol–water partition coefficient (Wildman–Crippen LogP) is 4.22. The number of urea groups is 1. The Kier molecular flexibility index (Phi) is 9.67. The summed E-state index contributed by atoms with van der Waals surface area (Å²) in [5, 5.41) is 19.5. The highest BCUT2D eigenvalue weighted by molar-refractivity contribution is 8.00. The van der Waals surface area contributed by atoms with Gasteiger partial charge in [-0.15, -0.1) is 11.8 Å². The fourth-order valence-electron chi connectivity index (χ4n) is 4.85. The van der Waals surface area contributed by atoms with E-state index in [0.29, 0.717) is 6.54 Å². The summed E-state index contributed by atoms with van der Waals surface area (Å²) in [5.41, 5.74) is 3.03. The first-order chi connectivity index (χ1) is 19.5. The van der Waals surface area contributed by atoms with Crippen molar-refractivity contribution in [3.8, 4) is 0 Å². The summed E-state index contributed by atoms with van der Waals surface area (Å²) in [6.07, 6.45) is -1.49. The average molecular weight is 579 g/mol. The smallest absolute Gasteiger partial charge is 0.319 e. The Hall–Kier alpha value is -3.89. The SMILES string of the molecule is Cc1ccccc1CNC(=O)[C@H]1N(C(=O)[C@@H](O)[C@H](Cc2ccccc2)NC(=O)Nc2cccc(F)c2)CSC1(C)C. The van der Waals surface area contributed by atoms with Crippen LogP contribution >= 0.6 is 11.8 Å². The molecule has 0 spiro atoms. The van der Waals surface area contributed by atoms with Gasteiger partial charge in [-0.1, -0.05) is 60.7 Å². The summed E-state index contributed by atoms with van der Waals surface area (Å²) in [6.45, 7) is 6.06. The number of hydrogen-bond donors (Lipinski definition) is 4. The van der Waals surface area contributed by atoms with Gasteiger partial charge in [0.05, 0.1) is 11.9 Å². The molecule has 41 heavy (non-hydrogen) atoms. The van der Waals surface area contributed by atoms with Crippen molar-refractivity contribution in [2.24, 2.45) is 0 Å². The molecule has 0 saturated carbocycles. The van der Waals surface area contributed by atoms with E-state index in [1.807, 2.05) is 75.4 Å². The molecule has 3 aromatic carbocycles. The van der Waals surface area contributed by atoms with E-state index in [9.17, 15) is 23.9 Å². The van der Waals surface area contributed by atoms with E-state index in [0.717, 1.165) is 22.8 Å². The number of carbonyl (C=O) groups is 3. The first-order valence-electron chi connectivity index (χ1n) is 13.4. The lowest BCUT2D eigenvalue weighted by Crippen LogP contribution is -2.59. The van der Waals surface area contributed by atoms with Crippen LogP contribution in [-0.4, -0.2) is 56.7 Å². The molecule has 10 heteroatoms. The summed E-state index contributed by atoms with van der Waals surface area (Å²) in [5.74, 6) is -1.29. The fourth-order valence-corrected chi connectivity index (χ4v) is 5.99. The number of halogens is 1. The zero-order valence-corrected chi connectivity index (χ0v) is 24.1. The van der Waals surface area contributed by atoms with E-state index in [4.69, 9.17) is 0 Å². The summed E-state index contributed by atoms with van der Waals surface area (Å²) in [4.78, 5) is 41.4. The lowest BCUT2D eigenvalue weighted by atomic mass is 9.97. The van der Waals surface area contributed by atoms with Crippen molar-refractivity contribution in [3.05, 3.63) is 101 Å². The van der Waals surface area contributed by atoms with Gasteiger partial charge in [0.1, 0.15) is 11.9 Å². The van der Waals surface area contributed by atoms with Crippen LogP contribution in [0, 0.1) is 12.7 Å². The second kappa shape index (κ2) is 13.2. The number of thioether (sulfide) groups is 1. The number of amides is 4. The zero-order chi connectivity index (χ0) is 29.6. The van der Waals surface area contributed by atoms with Gasteiger partial charge in [0.25, 0.3) is 5.91 Å². The van der Waals surface area contributed by atoms with E-state index in [2.05, 4.69) is 16.0 Å². The normalized spacial score (nSPS) is 17.4. The van der Waals surface area contributed by atoms with Crippen molar-refractivity contribution in [2.75, 3.05) is 11.2 Å². The molecule has 4 rings (SSSR count). The minimum Gasteiger partial charge on any atom is -0.381 e. The van der Waals surface area contributed by atoms with Gasteiger partial charge in [0, 0.05) is 17.0 Å². The van der Waals surface area contributed by atoms with Gasteiger partial charge >= 0.3 is 6.03 Å². The zero-order valence-electron chi connectivity index (χ0n) is 23.3. The number of nitrogens with zero attached hydrogens (tertiary/aromatic N) is 1. The molecule has 0 aromatic heterocycles. The molecule has 1 aliphatic heterocycles. The van der Waals surface area contributed by atoms with E-state index < -0.39 is 40.7 Å². The molecule has 1 saturated heterocycles. The molecule has 0 bridgehead atoms. The van der Waals surface area contributed by atoms with Crippen LogP contribution in [0.4, 0.5) is 14.9 Å². The quantitative estimate of drug-likeness (QED) is 0.304. The highest BCUT2D eigenvalue weighted by Gasteiger charge is 2.49. The molecular formula is C31H35FN4O4S. The van der Waals surface area contributed by atoms with Gasteiger partial charge in [-0.2, -0.15) is 0 Å². The van der Waals surface area contributed by atoms with Crippen LogP contribution < -0.4 is 16.0 Å². The molecule has 3 aromatic rings. The summed E-state index contributed by atoms with van der Waals surface area (Å²) in [6, 6.07) is 19.7. The maximum Gasteiger partial charge on any atom is 0.319 e. The van der Waals surface area contributed by atoms with Crippen molar-refractivity contribution in [3.63, 3.8) is 0 Å². The molecule has 0 unspecified atom stereocenters. The van der Waals surface area contributed by atoms with Gasteiger partial charge in [-0.25, -0.2) is 9.18 Å². The minimum absolute atomic E-state index is 0.152. The van der Waals surface area contributed by atoms with Crippen LogP contribution in [0.3, 0.4) is 0 Å². The van der Waals surface area contributed by atoms with Gasteiger partial charge in [0.2, 0.25) is 5.91 Å². The van der Waals surface area contributed by atoms with Crippen LogP contribution in [0.1, 0.15) is 30.5 Å². The van der Waals surface area contributed by atoms with E-state index in [1.165, 1.54) is 34.9 Å². The van der Waals surface area contributed by atoms with Crippen molar-refractivity contribution >= 4 is 35.3 Å². The molecule has 4 amide bonds. The molecule has 1 heterocycles. The second-order valence-corrected chi connectivity index (χ2v) is 12.2. The highest BCUT2D eigenvalue weighted by Crippen LogP contribution is 2.40. The van der Waals surface area contributed by atoms with E-state index in [-0.39, 0.29) is 23.9 Å². The maximum absolute atomic E-state index is 13.8. The number of anilines is 1. The van der Waals surface area contributed by atoms with E-state index in [1.54, 1.807) is 0 Å². The molecule has 1 aliphatic rings. The van der Waals surface area contributed by atoms with Crippen LogP contribution in [0.15, 0.2) is 78.9 Å². The minimum atomic E-state index is -1.64. The number of rotatable bonds is 9. The number of aliphatic hydroxyl groups is 1. The molecule has 3 atom stereocenters. The number of nitrogens with one attached hydrogen (secondary N) is 3. The van der Waals surface area contributed by atoms with Crippen LogP contribution in [-0.2, 0) is 22.6 Å². The Morgan fingerprint density at radius 3 is 2.46 bits per heavy atom. The van der Waals surface area contributed by atoms with Gasteiger partial charge in [0.15, 0.2) is 6.10 Å². The monoisotopic (exact) mass is 578 g/mol. The van der Waals surface area contributed by atoms with Crippen LogP contribution in [0.25, 0.3) is 0 Å². The second-order valence-electron chi connectivity index (χ2n) is 10.6. The summed E-state index contributed by atoms with van der Waals surface area (Å²) in [7, 11) is 0. The number of carbonyl (C=O) groups excluding carboxylic acids is 3. The predicted molar refractivity (Wildman–Crippen MR) is 159 cm³/mol. The third-order valence-electron chi connectivity index (χ3n) is 7.12. The highest BCUT2D eigenvalue weighted by atomic mass is 32.2. The first kappa shape index (κ1) is 30.1. The number of aryl methyl sites for hydroxylation is 1. The van der Waals surface area contributed by atoms with Crippen molar-refractivity contribution < 1.29 is 23.9 Å². The topological polar surface area (TPSA) is 111 Å². The molecule has 8 nitrogen and oxygen atoms in total. The van der Waals surface area contributed by atoms with E-state index >= 15 is 0 Å². The van der Waals surface area contributed by atoms with Crippen LogP contribution in [0.2, 0.25) is 0 Å². The van der Waals surface area contributed by atoms with Crippen LogP contribution in [0.5, 0.6) is 0 Å². The first-order valence-corrected chi connectivity index (χ1v) is 14.4. The summed E-state index contributed by atoms with van der Waals surface area (Å²) < 4.78 is 13.0. The van der Waals surface area contributed by atoms with Crippen molar-refractivity contribution in [1.82, 2.24) is 15.5 Å². The lowest BCUT2D eigenvalue weighted by Gasteiger charge is -2.33. The Morgan fingerprint density at radius 1 is 1.05 bits per heavy atom. The number of aliphatic hydroxyl groups excluding tert-OH is 1. The molecule has 0 radical (unpaired) electrons.